The Kier molecular flexibility index (Phi) is 4.12. The zero-order valence-corrected chi connectivity index (χ0v) is 10.9. The molecule has 2 unspecified atom stereocenters. The van der Waals surface area contributed by atoms with Gasteiger partial charge in [0.1, 0.15) is 0 Å². The largest absolute Gasteiger partial charge is 0.377 e. The van der Waals surface area contributed by atoms with Crippen LogP contribution in [0.2, 0.25) is 0 Å². The first kappa shape index (κ1) is 12.5. The minimum absolute atomic E-state index is 0.145. The van der Waals surface area contributed by atoms with E-state index in [0.29, 0.717) is 6.61 Å². The minimum Gasteiger partial charge on any atom is -0.377 e. The number of hydrogen-bond acceptors (Lipinski definition) is 3. The Bertz CT molecular complexity index is 402. The standard InChI is InChI=1S/C12H14BrNO3/c13-7-10-6-5-9(8-17-10)11-3-1-2-4-12(11)14(15)16/h1-4,9-10H,5-8H2. The molecule has 0 aliphatic carbocycles. The summed E-state index contributed by atoms with van der Waals surface area (Å²) in [7, 11) is 0. The van der Waals surface area contributed by atoms with Crippen molar-refractivity contribution in [3.8, 4) is 0 Å². The average Bonchev–Trinajstić information content (AvgIpc) is 2.39. The molecule has 2 rings (SSSR count). The Morgan fingerprint density at radius 2 is 2.18 bits per heavy atom. The number of nitro benzene ring substituents is 1. The fourth-order valence-electron chi connectivity index (χ4n) is 2.17. The van der Waals surface area contributed by atoms with Crippen LogP contribution in [0.4, 0.5) is 5.69 Å². The quantitative estimate of drug-likeness (QED) is 0.489. The zero-order chi connectivity index (χ0) is 12.3. The van der Waals surface area contributed by atoms with Gasteiger partial charge in [-0.2, -0.15) is 0 Å². The second-order valence-corrected chi connectivity index (χ2v) is 4.85. The smallest absolute Gasteiger partial charge is 0.272 e. The Hall–Kier alpha value is -0.940. The summed E-state index contributed by atoms with van der Waals surface area (Å²) in [6.07, 6.45) is 2.14. The van der Waals surface area contributed by atoms with Gasteiger partial charge >= 0.3 is 0 Å². The highest BCUT2D eigenvalue weighted by Crippen LogP contribution is 2.33. The van der Waals surface area contributed by atoms with Crippen LogP contribution in [0, 0.1) is 10.1 Å². The molecular formula is C12H14BrNO3. The molecular weight excluding hydrogens is 286 g/mol. The summed E-state index contributed by atoms with van der Waals surface area (Å²) in [5, 5.41) is 11.8. The highest BCUT2D eigenvalue weighted by Gasteiger charge is 2.27. The number of ether oxygens (including phenoxy) is 1. The number of rotatable bonds is 3. The fourth-order valence-corrected chi connectivity index (χ4v) is 2.68. The summed E-state index contributed by atoms with van der Waals surface area (Å²) in [5.41, 5.74) is 1.00. The molecule has 1 aromatic carbocycles. The van der Waals surface area contributed by atoms with Crippen LogP contribution >= 0.6 is 15.9 Å². The first-order valence-corrected chi connectivity index (χ1v) is 6.75. The Labute approximate surface area is 108 Å². The third-order valence-corrected chi connectivity index (χ3v) is 3.84. The molecule has 0 bridgehead atoms. The molecule has 1 heterocycles. The number of alkyl halides is 1. The lowest BCUT2D eigenvalue weighted by Gasteiger charge is -2.27. The van der Waals surface area contributed by atoms with Crippen LogP contribution in [0.1, 0.15) is 24.3 Å². The molecule has 17 heavy (non-hydrogen) atoms. The second-order valence-electron chi connectivity index (χ2n) is 4.20. The number of benzene rings is 1. The molecule has 92 valence electrons. The molecule has 2 atom stereocenters. The van der Waals surface area contributed by atoms with Crippen molar-refractivity contribution >= 4 is 21.6 Å². The normalized spacial score (nSPS) is 24.5. The summed E-state index contributed by atoms with van der Waals surface area (Å²) in [4.78, 5) is 10.6. The van der Waals surface area contributed by atoms with E-state index in [-0.39, 0.29) is 22.6 Å². The summed E-state index contributed by atoms with van der Waals surface area (Å²) in [6.45, 7) is 0.571. The predicted octanol–water partition coefficient (Wildman–Crippen LogP) is 3.25. The molecule has 0 saturated carbocycles. The topological polar surface area (TPSA) is 52.4 Å². The molecule has 1 fully saturated rings. The van der Waals surface area contributed by atoms with Crippen molar-refractivity contribution < 1.29 is 9.66 Å². The van der Waals surface area contributed by atoms with Crippen LogP contribution in [0.5, 0.6) is 0 Å². The third-order valence-electron chi connectivity index (χ3n) is 3.12. The Morgan fingerprint density at radius 1 is 1.41 bits per heavy atom. The van der Waals surface area contributed by atoms with Crippen LogP contribution in [0.25, 0.3) is 0 Å². The van der Waals surface area contributed by atoms with Crippen LogP contribution in [-0.2, 0) is 4.74 Å². The van der Waals surface area contributed by atoms with Crippen molar-refractivity contribution in [1.82, 2.24) is 0 Å². The van der Waals surface area contributed by atoms with E-state index in [1.54, 1.807) is 12.1 Å². The van der Waals surface area contributed by atoms with E-state index in [1.165, 1.54) is 0 Å². The predicted molar refractivity (Wildman–Crippen MR) is 68.6 cm³/mol. The number of para-hydroxylation sites is 1. The van der Waals surface area contributed by atoms with E-state index in [0.717, 1.165) is 23.7 Å². The fraction of sp³-hybridized carbons (Fsp3) is 0.500. The monoisotopic (exact) mass is 299 g/mol. The molecule has 1 saturated heterocycles. The van der Waals surface area contributed by atoms with Gasteiger partial charge in [0.15, 0.2) is 0 Å². The van der Waals surface area contributed by atoms with E-state index >= 15 is 0 Å². The molecule has 1 aliphatic rings. The number of nitro groups is 1. The molecule has 0 N–H and O–H groups in total. The first-order chi connectivity index (χ1) is 8.22. The third kappa shape index (κ3) is 2.84. The highest BCUT2D eigenvalue weighted by atomic mass is 79.9. The maximum atomic E-state index is 10.9. The van der Waals surface area contributed by atoms with Gasteiger partial charge in [0.2, 0.25) is 0 Å². The second kappa shape index (κ2) is 5.60. The zero-order valence-electron chi connectivity index (χ0n) is 9.34. The number of nitrogens with zero attached hydrogens (tertiary/aromatic N) is 1. The molecule has 5 heteroatoms. The van der Waals surface area contributed by atoms with Crippen molar-refractivity contribution in [2.24, 2.45) is 0 Å². The van der Waals surface area contributed by atoms with Crippen molar-refractivity contribution in [1.29, 1.82) is 0 Å². The first-order valence-electron chi connectivity index (χ1n) is 5.63. The van der Waals surface area contributed by atoms with Gasteiger partial charge in [0.25, 0.3) is 5.69 Å². The maximum Gasteiger partial charge on any atom is 0.272 e. The summed E-state index contributed by atoms with van der Waals surface area (Å²) in [5.74, 6) is 0.145. The van der Waals surface area contributed by atoms with Gasteiger partial charge in [-0.25, -0.2) is 0 Å². The van der Waals surface area contributed by atoms with Crippen LogP contribution in [-0.4, -0.2) is 23.0 Å². The van der Waals surface area contributed by atoms with Crippen molar-refractivity contribution in [3.63, 3.8) is 0 Å². The van der Waals surface area contributed by atoms with E-state index in [1.807, 2.05) is 12.1 Å². The average molecular weight is 300 g/mol. The molecule has 1 aliphatic heterocycles. The molecule has 0 radical (unpaired) electrons. The lowest BCUT2D eigenvalue weighted by molar-refractivity contribution is -0.385. The molecule has 0 aromatic heterocycles. The highest BCUT2D eigenvalue weighted by molar-refractivity contribution is 9.09. The van der Waals surface area contributed by atoms with Crippen LogP contribution in [0.15, 0.2) is 24.3 Å². The molecule has 0 spiro atoms. The van der Waals surface area contributed by atoms with Crippen LogP contribution < -0.4 is 0 Å². The van der Waals surface area contributed by atoms with Crippen molar-refractivity contribution in [2.75, 3.05) is 11.9 Å². The van der Waals surface area contributed by atoms with Gasteiger partial charge in [0.05, 0.1) is 17.6 Å². The van der Waals surface area contributed by atoms with Gasteiger partial charge in [0, 0.05) is 22.9 Å². The SMILES string of the molecule is O=[N+]([O-])c1ccccc1C1CCC(CBr)OC1. The van der Waals surface area contributed by atoms with Crippen molar-refractivity contribution in [2.45, 2.75) is 24.9 Å². The minimum atomic E-state index is -0.314. The lowest BCUT2D eigenvalue weighted by Crippen LogP contribution is -2.26. The summed E-state index contributed by atoms with van der Waals surface area (Å²) >= 11 is 3.39. The number of halogens is 1. The molecule has 0 amide bonds. The Morgan fingerprint density at radius 3 is 2.76 bits per heavy atom. The van der Waals surface area contributed by atoms with Crippen LogP contribution in [0.3, 0.4) is 0 Å². The van der Waals surface area contributed by atoms with Gasteiger partial charge in [-0.05, 0) is 12.8 Å². The lowest BCUT2D eigenvalue weighted by atomic mass is 9.90. The van der Waals surface area contributed by atoms with Gasteiger partial charge < -0.3 is 4.74 Å². The Balaban J connectivity index is 2.15. The maximum absolute atomic E-state index is 10.9. The van der Waals surface area contributed by atoms with Gasteiger partial charge in [-0.15, -0.1) is 0 Å². The van der Waals surface area contributed by atoms with Gasteiger partial charge in [-0.3, -0.25) is 10.1 Å². The van der Waals surface area contributed by atoms with E-state index < -0.39 is 0 Å². The number of hydrogen-bond donors (Lipinski definition) is 0. The van der Waals surface area contributed by atoms with Gasteiger partial charge in [-0.1, -0.05) is 34.1 Å². The summed E-state index contributed by atoms with van der Waals surface area (Å²) in [6, 6.07) is 6.94. The summed E-state index contributed by atoms with van der Waals surface area (Å²) < 4.78 is 5.66. The van der Waals surface area contributed by atoms with E-state index in [9.17, 15) is 10.1 Å². The molecule has 1 aromatic rings. The van der Waals surface area contributed by atoms with E-state index in [2.05, 4.69) is 15.9 Å². The van der Waals surface area contributed by atoms with Crippen molar-refractivity contribution in [3.05, 3.63) is 39.9 Å². The van der Waals surface area contributed by atoms with E-state index in [4.69, 9.17) is 4.74 Å². The molecule has 4 nitrogen and oxygen atoms in total.